The van der Waals surface area contributed by atoms with Gasteiger partial charge in [-0.15, -0.1) is 0 Å². The zero-order valence-electron chi connectivity index (χ0n) is 8.13. The average Bonchev–Trinajstić information content (AvgIpc) is 2.17. The molecule has 0 heterocycles. The fraction of sp³-hybridized carbons (Fsp3) is 0.300. The number of carboxylic acid groups (broad SMARTS) is 1. The largest absolute Gasteiger partial charge is 0.480 e. The summed E-state index contributed by atoms with van der Waals surface area (Å²) in [7, 11) is 0. The van der Waals surface area contributed by atoms with Crippen molar-refractivity contribution in [1.82, 2.24) is 0 Å². The topological polar surface area (TPSA) is 63.3 Å². The van der Waals surface area contributed by atoms with Crippen molar-refractivity contribution in [2.75, 3.05) is 0 Å². The van der Waals surface area contributed by atoms with Gasteiger partial charge in [0, 0.05) is 11.6 Å². The molecule has 1 aromatic carbocycles. The van der Waals surface area contributed by atoms with Crippen LogP contribution in [0.4, 0.5) is 8.78 Å². The summed E-state index contributed by atoms with van der Waals surface area (Å²) >= 11 is 0. The van der Waals surface area contributed by atoms with Gasteiger partial charge in [0.2, 0.25) is 0 Å². The van der Waals surface area contributed by atoms with E-state index >= 15 is 0 Å². The Morgan fingerprint density at radius 3 is 2.53 bits per heavy atom. The number of aliphatic carboxylic acids is 1. The summed E-state index contributed by atoms with van der Waals surface area (Å²) in [6.07, 6.45) is 0.353. The Bertz CT molecular complexity index is 393. The third-order valence-electron chi connectivity index (χ3n) is 2.15. The van der Waals surface area contributed by atoms with E-state index in [1.807, 2.05) is 0 Å². The van der Waals surface area contributed by atoms with Gasteiger partial charge in [-0.1, -0.05) is 6.92 Å². The smallest absolute Gasteiger partial charge is 0.325 e. The first kappa shape index (κ1) is 11.6. The van der Waals surface area contributed by atoms with Crippen molar-refractivity contribution >= 4 is 5.97 Å². The Labute approximate surface area is 85.5 Å². The van der Waals surface area contributed by atoms with Crippen LogP contribution < -0.4 is 5.73 Å². The van der Waals surface area contributed by atoms with E-state index in [0.29, 0.717) is 12.5 Å². The van der Waals surface area contributed by atoms with Crippen molar-refractivity contribution in [2.45, 2.75) is 19.4 Å². The van der Waals surface area contributed by atoms with Crippen LogP contribution in [0.3, 0.4) is 0 Å². The monoisotopic (exact) mass is 215 g/mol. The highest BCUT2D eigenvalue weighted by molar-refractivity contribution is 5.75. The molecule has 1 aromatic rings. The van der Waals surface area contributed by atoms with Gasteiger partial charge in [-0.2, -0.15) is 0 Å². The van der Waals surface area contributed by atoms with E-state index in [-0.39, 0.29) is 11.1 Å². The summed E-state index contributed by atoms with van der Waals surface area (Å²) in [6.45, 7) is 1.69. The predicted octanol–water partition coefficient (Wildman–Crippen LogP) is 1.61. The minimum absolute atomic E-state index is 0.194. The molecule has 0 fully saturated rings. The second-order valence-corrected chi connectivity index (χ2v) is 3.13. The first-order valence-corrected chi connectivity index (χ1v) is 4.43. The van der Waals surface area contributed by atoms with Gasteiger partial charge in [-0.05, 0) is 18.1 Å². The molecule has 1 rings (SSSR count). The van der Waals surface area contributed by atoms with Crippen LogP contribution in [0, 0.1) is 11.6 Å². The van der Waals surface area contributed by atoms with Crippen molar-refractivity contribution in [3.63, 3.8) is 0 Å². The number of hydrogen-bond acceptors (Lipinski definition) is 2. The molecule has 0 aliphatic rings. The predicted molar refractivity (Wildman–Crippen MR) is 50.3 cm³/mol. The summed E-state index contributed by atoms with van der Waals surface area (Å²) in [5, 5.41) is 8.61. The minimum Gasteiger partial charge on any atom is -0.480 e. The first-order valence-electron chi connectivity index (χ1n) is 4.43. The summed E-state index contributed by atoms with van der Waals surface area (Å²) in [4.78, 5) is 10.6. The maximum absolute atomic E-state index is 13.2. The Balaban J connectivity index is 3.24. The minimum atomic E-state index is -1.46. The summed E-state index contributed by atoms with van der Waals surface area (Å²) in [5.74, 6) is -2.96. The van der Waals surface area contributed by atoms with Crippen LogP contribution >= 0.6 is 0 Å². The molecule has 15 heavy (non-hydrogen) atoms. The number of halogens is 2. The average molecular weight is 215 g/mol. The lowest BCUT2D eigenvalue weighted by atomic mass is 10.0. The highest BCUT2D eigenvalue weighted by Crippen LogP contribution is 2.20. The molecule has 0 aliphatic carbocycles. The molecule has 3 N–H and O–H groups in total. The van der Waals surface area contributed by atoms with E-state index in [9.17, 15) is 13.6 Å². The SMILES string of the molecule is CCc1cc(C(N)C(=O)O)c(F)cc1F. The van der Waals surface area contributed by atoms with Crippen molar-refractivity contribution in [1.29, 1.82) is 0 Å². The van der Waals surface area contributed by atoms with Crippen LogP contribution in [-0.4, -0.2) is 11.1 Å². The van der Waals surface area contributed by atoms with Crippen molar-refractivity contribution in [2.24, 2.45) is 5.73 Å². The van der Waals surface area contributed by atoms with Crippen LogP contribution in [0.5, 0.6) is 0 Å². The van der Waals surface area contributed by atoms with E-state index in [1.54, 1.807) is 6.92 Å². The van der Waals surface area contributed by atoms with Crippen molar-refractivity contribution in [3.05, 3.63) is 34.9 Å². The third-order valence-corrected chi connectivity index (χ3v) is 2.15. The lowest BCUT2D eigenvalue weighted by Gasteiger charge is -2.10. The second-order valence-electron chi connectivity index (χ2n) is 3.13. The van der Waals surface area contributed by atoms with Gasteiger partial charge in [0.25, 0.3) is 0 Å². The Morgan fingerprint density at radius 1 is 1.47 bits per heavy atom. The highest BCUT2D eigenvalue weighted by atomic mass is 19.1. The molecule has 3 nitrogen and oxygen atoms in total. The van der Waals surface area contributed by atoms with Crippen molar-refractivity contribution in [3.8, 4) is 0 Å². The van der Waals surface area contributed by atoms with E-state index < -0.39 is 23.6 Å². The van der Waals surface area contributed by atoms with Gasteiger partial charge < -0.3 is 10.8 Å². The fourth-order valence-electron chi connectivity index (χ4n) is 1.26. The van der Waals surface area contributed by atoms with E-state index in [0.717, 1.165) is 6.07 Å². The van der Waals surface area contributed by atoms with Crippen LogP contribution in [0.2, 0.25) is 0 Å². The van der Waals surface area contributed by atoms with E-state index in [1.165, 1.54) is 0 Å². The molecule has 5 heteroatoms. The number of carboxylic acids is 1. The first-order chi connectivity index (χ1) is 6.97. The standard InChI is InChI=1S/C10H11F2NO2/c1-2-5-3-6(9(13)10(14)15)8(12)4-7(5)11/h3-4,9H,2,13H2,1H3,(H,14,15). The summed E-state index contributed by atoms with van der Waals surface area (Å²) in [5.41, 5.74) is 5.31. The molecule has 0 bridgehead atoms. The maximum Gasteiger partial charge on any atom is 0.325 e. The number of rotatable bonds is 3. The second kappa shape index (κ2) is 4.35. The maximum atomic E-state index is 13.2. The zero-order valence-corrected chi connectivity index (χ0v) is 8.13. The normalized spacial score (nSPS) is 12.5. The molecular weight excluding hydrogens is 204 g/mol. The number of benzene rings is 1. The van der Waals surface area contributed by atoms with Crippen molar-refractivity contribution < 1.29 is 18.7 Å². The molecule has 0 radical (unpaired) electrons. The van der Waals surface area contributed by atoms with Gasteiger partial charge in [-0.3, -0.25) is 4.79 Å². The Morgan fingerprint density at radius 2 is 2.07 bits per heavy atom. The van der Waals surface area contributed by atoms with Crippen LogP contribution in [0.1, 0.15) is 24.1 Å². The third kappa shape index (κ3) is 2.30. The molecule has 1 unspecified atom stereocenters. The van der Waals surface area contributed by atoms with Gasteiger partial charge in [0.1, 0.15) is 17.7 Å². The van der Waals surface area contributed by atoms with Crippen LogP contribution in [-0.2, 0) is 11.2 Å². The lowest BCUT2D eigenvalue weighted by Crippen LogP contribution is -2.22. The van der Waals surface area contributed by atoms with Gasteiger partial charge in [0.05, 0.1) is 0 Å². The summed E-state index contributed by atoms with van der Waals surface area (Å²) in [6, 6.07) is 0.358. The number of nitrogens with two attached hydrogens (primary N) is 1. The lowest BCUT2D eigenvalue weighted by molar-refractivity contribution is -0.138. The fourth-order valence-corrected chi connectivity index (χ4v) is 1.26. The zero-order chi connectivity index (χ0) is 11.6. The molecule has 82 valence electrons. The number of carbonyl (C=O) groups is 1. The molecule has 0 aromatic heterocycles. The summed E-state index contributed by atoms with van der Waals surface area (Å²) < 4.78 is 26.3. The Kier molecular flexibility index (Phi) is 3.36. The molecule has 0 spiro atoms. The van der Waals surface area contributed by atoms with Gasteiger partial charge in [-0.25, -0.2) is 8.78 Å². The van der Waals surface area contributed by atoms with E-state index in [2.05, 4.69) is 0 Å². The molecule has 0 aliphatic heterocycles. The molecule has 0 amide bonds. The van der Waals surface area contributed by atoms with Gasteiger partial charge >= 0.3 is 5.97 Å². The quantitative estimate of drug-likeness (QED) is 0.805. The molecule has 1 atom stereocenters. The van der Waals surface area contributed by atoms with Crippen LogP contribution in [0.25, 0.3) is 0 Å². The van der Waals surface area contributed by atoms with Gasteiger partial charge in [0.15, 0.2) is 0 Å². The Hall–Kier alpha value is -1.49. The van der Waals surface area contributed by atoms with E-state index in [4.69, 9.17) is 10.8 Å². The highest BCUT2D eigenvalue weighted by Gasteiger charge is 2.20. The molecule has 0 saturated carbocycles. The number of hydrogen-bond donors (Lipinski definition) is 2. The van der Waals surface area contributed by atoms with Crippen LogP contribution in [0.15, 0.2) is 12.1 Å². The molecule has 0 saturated heterocycles. The number of aryl methyl sites for hydroxylation is 1. The molecular formula is C10H11F2NO2.